The molecule has 0 fully saturated rings. The number of benzene rings is 3. The summed E-state index contributed by atoms with van der Waals surface area (Å²) in [5, 5.41) is 4.92. The molecule has 0 saturated carbocycles. The number of hydrogen-bond donors (Lipinski definition) is 2. The first kappa shape index (κ1) is 18.0. The summed E-state index contributed by atoms with van der Waals surface area (Å²) in [6.45, 7) is 0. The zero-order valence-corrected chi connectivity index (χ0v) is 15.6. The van der Waals surface area contributed by atoms with Gasteiger partial charge in [0.05, 0.1) is 6.04 Å². The summed E-state index contributed by atoms with van der Waals surface area (Å²) >= 11 is 6.01. The lowest BCUT2D eigenvalue weighted by atomic mass is 9.98. The largest absolute Gasteiger partial charge is 0.340 e. The highest BCUT2D eigenvalue weighted by atomic mass is 35.5. The van der Waals surface area contributed by atoms with E-state index in [1.54, 1.807) is 30.3 Å². The second-order valence-electron chi connectivity index (χ2n) is 6.47. The highest BCUT2D eigenvalue weighted by molar-refractivity contribution is 6.30. The van der Waals surface area contributed by atoms with Gasteiger partial charge in [0.1, 0.15) is 5.69 Å². The Morgan fingerprint density at radius 2 is 1.50 bits per heavy atom. The normalized spacial score (nSPS) is 11.9. The number of nitrogens with one attached hydrogen (secondary N) is 2. The van der Waals surface area contributed by atoms with Crippen LogP contribution in [-0.4, -0.2) is 10.9 Å². The molecule has 4 nitrogen and oxygen atoms in total. The maximum absolute atomic E-state index is 13.0. The van der Waals surface area contributed by atoms with Gasteiger partial charge in [0.15, 0.2) is 0 Å². The summed E-state index contributed by atoms with van der Waals surface area (Å²) in [7, 11) is 0. The first-order valence-corrected chi connectivity index (χ1v) is 9.23. The minimum Gasteiger partial charge on any atom is -0.340 e. The molecule has 1 amide bonds. The summed E-state index contributed by atoms with van der Waals surface area (Å²) in [4.78, 5) is 28.0. The Morgan fingerprint density at radius 1 is 0.857 bits per heavy atom. The van der Waals surface area contributed by atoms with Crippen molar-refractivity contribution in [1.29, 1.82) is 0 Å². The highest BCUT2D eigenvalue weighted by Gasteiger charge is 2.19. The molecule has 0 radical (unpaired) electrons. The van der Waals surface area contributed by atoms with Gasteiger partial charge < -0.3 is 10.3 Å². The van der Waals surface area contributed by atoms with Gasteiger partial charge in [0.2, 0.25) is 0 Å². The maximum atomic E-state index is 13.0. The molecule has 28 heavy (non-hydrogen) atoms. The number of H-pyrrole nitrogens is 1. The number of pyridine rings is 1. The van der Waals surface area contributed by atoms with E-state index in [0.29, 0.717) is 10.4 Å². The monoisotopic (exact) mass is 388 g/mol. The summed E-state index contributed by atoms with van der Waals surface area (Å²) in [6, 6.07) is 25.5. The van der Waals surface area contributed by atoms with Crippen LogP contribution in [0.1, 0.15) is 27.7 Å². The molecule has 4 aromatic rings. The second-order valence-corrected chi connectivity index (χ2v) is 6.90. The number of carbonyl (C=O) groups excluding carboxylic acids is 1. The van der Waals surface area contributed by atoms with Crippen molar-refractivity contribution in [1.82, 2.24) is 10.3 Å². The Balaban J connectivity index is 1.71. The van der Waals surface area contributed by atoms with Gasteiger partial charge in [0, 0.05) is 10.4 Å². The first-order chi connectivity index (χ1) is 13.6. The molecule has 1 heterocycles. The molecule has 3 aromatic carbocycles. The molecule has 0 saturated heterocycles. The smallest absolute Gasteiger partial charge is 0.268 e. The third kappa shape index (κ3) is 3.68. The average Bonchev–Trinajstić information content (AvgIpc) is 2.73. The van der Waals surface area contributed by atoms with Gasteiger partial charge in [-0.1, -0.05) is 72.3 Å². The number of hydrogen-bond acceptors (Lipinski definition) is 2. The highest BCUT2D eigenvalue weighted by Crippen LogP contribution is 2.24. The first-order valence-electron chi connectivity index (χ1n) is 8.85. The Hall–Kier alpha value is -3.37. The van der Waals surface area contributed by atoms with Crippen LogP contribution in [0.5, 0.6) is 0 Å². The van der Waals surface area contributed by atoms with Crippen molar-refractivity contribution in [2.75, 3.05) is 0 Å². The van der Waals surface area contributed by atoms with Gasteiger partial charge in [-0.15, -0.1) is 0 Å². The summed E-state index contributed by atoms with van der Waals surface area (Å²) < 4.78 is 0. The van der Waals surface area contributed by atoms with E-state index in [1.165, 1.54) is 0 Å². The predicted octanol–water partition coefficient (Wildman–Crippen LogP) is 4.70. The number of amides is 1. The fourth-order valence-corrected chi connectivity index (χ4v) is 3.33. The van der Waals surface area contributed by atoms with Crippen molar-refractivity contribution in [3.05, 3.63) is 117 Å². The molecular weight excluding hydrogens is 372 g/mol. The molecule has 0 bridgehead atoms. The van der Waals surface area contributed by atoms with Crippen LogP contribution in [0, 0.1) is 0 Å². The predicted molar refractivity (Wildman–Crippen MR) is 112 cm³/mol. The van der Waals surface area contributed by atoms with Gasteiger partial charge in [-0.05, 0) is 40.8 Å². The van der Waals surface area contributed by atoms with Crippen LogP contribution in [0.2, 0.25) is 5.02 Å². The van der Waals surface area contributed by atoms with Crippen LogP contribution in [0.15, 0.2) is 89.7 Å². The third-order valence-electron chi connectivity index (χ3n) is 4.61. The minimum absolute atomic E-state index is 0.221. The van der Waals surface area contributed by atoms with Crippen molar-refractivity contribution in [3.8, 4) is 0 Å². The van der Waals surface area contributed by atoms with E-state index in [1.807, 2.05) is 54.6 Å². The number of fused-ring (bicyclic) bond motifs is 1. The fourth-order valence-electron chi connectivity index (χ4n) is 3.20. The molecule has 0 aliphatic heterocycles. The number of rotatable bonds is 4. The lowest BCUT2D eigenvalue weighted by Gasteiger charge is -2.20. The molecule has 0 spiro atoms. The zero-order chi connectivity index (χ0) is 19.5. The summed E-state index contributed by atoms with van der Waals surface area (Å²) in [5.74, 6) is -0.355. The van der Waals surface area contributed by atoms with Gasteiger partial charge in [-0.3, -0.25) is 9.59 Å². The Bertz CT molecular complexity index is 1180. The lowest BCUT2D eigenvalue weighted by Crippen LogP contribution is -2.31. The average molecular weight is 389 g/mol. The topological polar surface area (TPSA) is 62.0 Å². The third-order valence-corrected chi connectivity index (χ3v) is 4.86. The van der Waals surface area contributed by atoms with Crippen molar-refractivity contribution in [3.63, 3.8) is 0 Å². The fraction of sp³-hybridized carbons (Fsp3) is 0.0435. The number of aromatic amines is 1. The molecule has 0 aliphatic carbocycles. The summed E-state index contributed by atoms with van der Waals surface area (Å²) in [6.07, 6.45) is 0. The van der Waals surface area contributed by atoms with E-state index < -0.39 is 0 Å². The van der Waals surface area contributed by atoms with E-state index in [2.05, 4.69) is 10.3 Å². The number of carbonyl (C=O) groups is 1. The van der Waals surface area contributed by atoms with Crippen molar-refractivity contribution in [2.45, 2.75) is 6.04 Å². The molecule has 1 unspecified atom stereocenters. The minimum atomic E-state index is -0.374. The van der Waals surface area contributed by atoms with Crippen molar-refractivity contribution in [2.24, 2.45) is 0 Å². The summed E-state index contributed by atoms with van der Waals surface area (Å²) in [5.41, 5.74) is 1.76. The van der Waals surface area contributed by atoms with Crippen LogP contribution in [0.3, 0.4) is 0 Å². The zero-order valence-electron chi connectivity index (χ0n) is 14.9. The SMILES string of the molecule is O=C(NC(c1ccccc1)c1ccc(Cl)cc1)c1cc2ccccc2c(=O)[nH]1. The van der Waals surface area contributed by atoms with Gasteiger partial charge in [0.25, 0.3) is 11.5 Å². The van der Waals surface area contributed by atoms with Gasteiger partial charge >= 0.3 is 0 Å². The van der Waals surface area contributed by atoms with E-state index in [0.717, 1.165) is 16.5 Å². The van der Waals surface area contributed by atoms with Crippen LogP contribution < -0.4 is 10.9 Å². The van der Waals surface area contributed by atoms with Gasteiger partial charge in [-0.25, -0.2) is 0 Å². The lowest BCUT2D eigenvalue weighted by molar-refractivity contribution is 0.0938. The molecule has 1 atom stereocenters. The molecule has 138 valence electrons. The van der Waals surface area contributed by atoms with E-state index in [-0.39, 0.29) is 23.2 Å². The Morgan fingerprint density at radius 3 is 2.25 bits per heavy atom. The van der Waals surface area contributed by atoms with E-state index in [9.17, 15) is 9.59 Å². The van der Waals surface area contributed by atoms with Gasteiger partial charge in [-0.2, -0.15) is 0 Å². The molecule has 2 N–H and O–H groups in total. The molecular formula is C23H17ClN2O2. The van der Waals surface area contributed by atoms with Crippen molar-refractivity contribution < 1.29 is 4.79 Å². The molecule has 5 heteroatoms. The Labute approximate surface area is 166 Å². The van der Waals surface area contributed by atoms with Crippen molar-refractivity contribution >= 4 is 28.3 Å². The molecule has 1 aromatic heterocycles. The standard InChI is InChI=1S/C23H17ClN2O2/c24-18-12-10-16(11-13-18)21(15-6-2-1-3-7-15)26-23(28)20-14-17-8-4-5-9-19(17)22(27)25-20/h1-14,21H,(H,25,27)(H,26,28). The number of halogens is 1. The maximum Gasteiger partial charge on any atom is 0.268 e. The second kappa shape index (κ2) is 7.71. The van der Waals surface area contributed by atoms with E-state index >= 15 is 0 Å². The quantitative estimate of drug-likeness (QED) is 0.532. The van der Waals surface area contributed by atoms with Crippen LogP contribution in [0.25, 0.3) is 10.8 Å². The van der Waals surface area contributed by atoms with E-state index in [4.69, 9.17) is 11.6 Å². The Kier molecular flexibility index (Phi) is 4.96. The van der Waals surface area contributed by atoms with Crippen LogP contribution >= 0.6 is 11.6 Å². The van der Waals surface area contributed by atoms with Crippen LogP contribution in [-0.2, 0) is 0 Å². The number of aromatic nitrogens is 1. The molecule has 4 rings (SSSR count). The molecule has 0 aliphatic rings. The van der Waals surface area contributed by atoms with Crippen LogP contribution in [0.4, 0.5) is 0 Å².